The van der Waals surface area contributed by atoms with Gasteiger partial charge >= 0.3 is 0 Å². The lowest BCUT2D eigenvalue weighted by Crippen LogP contribution is -2.41. The molecule has 78 valence electrons. The molecular weight excluding hydrogens is 174 g/mol. The summed E-state index contributed by atoms with van der Waals surface area (Å²) in [5.41, 5.74) is 0. The minimum Gasteiger partial charge on any atom is -0.300 e. The molecule has 2 heteroatoms. The van der Waals surface area contributed by atoms with E-state index in [-0.39, 0.29) is 5.92 Å². The monoisotopic (exact) mass is 193 g/mol. The Morgan fingerprint density at radius 3 is 2.71 bits per heavy atom. The lowest BCUT2D eigenvalue weighted by atomic mass is 9.86. The minimum absolute atomic E-state index is 0.262. The SMILES string of the molecule is CC(=O)C1CCC=CC1N1CCCC1. The number of nitrogens with zero attached hydrogens (tertiary/aromatic N) is 1. The molecule has 2 nitrogen and oxygen atoms in total. The molecule has 2 aliphatic rings. The van der Waals surface area contributed by atoms with E-state index < -0.39 is 0 Å². The summed E-state index contributed by atoms with van der Waals surface area (Å²) in [6, 6.07) is 0.406. The predicted octanol–water partition coefficient (Wildman–Crippen LogP) is 2.01. The number of carbonyl (C=O) groups excluding carboxylic acids is 1. The molecule has 0 aromatic rings. The van der Waals surface area contributed by atoms with Crippen molar-refractivity contribution in [3.63, 3.8) is 0 Å². The van der Waals surface area contributed by atoms with Crippen LogP contribution in [0.5, 0.6) is 0 Å². The van der Waals surface area contributed by atoms with Crippen molar-refractivity contribution >= 4 is 5.78 Å². The lowest BCUT2D eigenvalue weighted by Gasteiger charge is -2.33. The molecule has 1 heterocycles. The summed E-state index contributed by atoms with van der Waals surface area (Å²) in [4.78, 5) is 14.0. The second kappa shape index (κ2) is 4.26. The van der Waals surface area contributed by atoms with Crippen LogP contribution in [0.3, 0.4) is 0 Å². The fourth-order valence-corrected chi connectivity index (χ4v) is 2.68. The van der Waals surface area contributed by atoms with Gasteiger partial charge in [-0.2, -0.15) is 0 Å². The van der Waals surface area contributed by atoms with Crippen molar-refractivity contribution < 1.29 is 4.79 Å². The second-order valence-corrected chi connectivity index (χ2v) is 4.46. The van der Waals surface area contributed by atoms with Gasteiger partial charge in [0, 0.05) is 12.0 Å². The third-order valence-electron chi connectivity index (χ3n) is 3.47. The number of likely N-dealkylation sites (tertiary alicyclic amines) is 1. The van der Waals surface area contributed by atoms with Crippen LogP contribution in [0.15, 0.2) is 12.2 Å². The van der Waals surface area contributed by atoms with E-state index in [1.54, 1.807) is 6.92 Å². The quantitative estimate of drug-likeness (QED) is 0.625. The van der Waals surface area contributed by atoms with Crippen molar-refractivity contribution in [2.24, 2.45) is 5.92 Å². The van der Waals surface area contributed by atoms with Crippen molar-refractivity contribution in [3.05, 3.63) is 12.2 Å². The molecule has 0 saturated carbocycles. The molecule has 0 N–H and O–H groups in total. The van der Waals surface area contributed by atoms with Crippen LogP contribution in [0.2, 0.25) is 0 Å². The summed E-state index contributed by atoms with van der Waals surface area (Å²) in [6.07, 6.45) is 9.22. The molecule has 0 radical (unpaired) electrons. The Kier molecular flexibility index (Phi) is 3.02. The molecule has 0 bridgehead atoms. The maximum Gasteiger partial charge on any atom is 0.134 e. The summed E-state index contributed by atoms with van der Waals surface area (Å²) in [7, 11) is 0. The normalized spacial score (nSPS) is 33.5. The van der Waals surface area contributed by atoms with Crippen molar-refractivity contribution in [2.45, 2.75) is 38.6 Å². The van der Waals surface area contributed by atoms with E-state index in [2.05, 4.69) is 17.1 Å². The maximum absolute atomic E-state index is 11.5. The number of Topliss-reactive ketones (excluding diaryl/α,β-unsaturated/α-hetero) is 1. The molecule has 0 aromatic heterocycles. The van der Waals surface area contributed by atoms with E-state index in [4.69, 9.17) is 0 Å². The van der Waals surface area contributed by atoms with E-state index >= 15 is 0 Å². The van der Waals surface area contributed by atoms with E-state index in [0.717, 1.165) is 12.8 Å². The van der Waals surface area contributed by atoms with Gasteiger partial charge in [-0.05, 0) is 45.7 Å². The van der Waals surface area contributed by atoms with Crippen molar-refractivity contribution in [1.82, 2.24) is 4.90 Å². The third-order valence-corrected chi connectivity index (χ3v) is 3.47. The van der Waals surface area contributed by atoms with E-state index in [1.807, 2.05) is 0 Å². The molecule has 1 aliphatic carbocycles. The number of hydrogen-bond acceptors (Lipinski definition) is 2. The summed E-state index contributed by atoms with van der Waals surface area (Å²) in [5, 5.41) is 0. The Balaban J connectivity index is 2.08. The number of rotatable bonds is 2. The Hall–Kier alpha value is -0.630. The van der Waals surface area contributed by atoms with Gasteiger partial charge in [0.25, 0.3) is 0 Å². The van der Waals surface area contributed by atoms with Crippen LogP contribution in [0.4, 0.5) is 0 Å². The first-order valence-electron chi connectivity index (χ1n) is 5.70. The van der Waals surface area contributed by atoms with Crippen molar-refractivity contribution in [3.8, 4) is 0 Å². The zero-order valence-electron chi connectivity index (χ0n) is 8.91. The number of allylic oxidation sites excluding steroid dienone is 1. The average Bonchev–Trinajstić information content (AvgIpc) is 2.70. The highest BCUT2D eigenvalue weighted by Crippen LogP contribution is 2.26. The Morgan fingerprint density at radius 2 is 2.07 bits per heavy atom. The second-order valence-electron chi connectivity index (χ2n) is 4.46. The first-order valence-corrected chi connectivity index (χ1v) is 5.70. The van der Waals surface area contributed by atoms with Crippen LogP contribution in [-0.2, 0) is 4.79 Å². The molecule has 2 rings (SSSR count). The summed E-state index contributed by atoms with van der Waals surface area (Å²) < 4.78 is 0. The first-order chi connectivity index (χ1) is 6.79. The largest absolute Gasteiger partial charge is 0.300 e. The molecule has 1 aliphatic heterocycles. The van der Waals surface area contributed by atoms with Crippen LogP contribution >= 0.6 is 0 Å². The lowest BCUT2D eigenvalue weighted by molar-refractivity contribution is -0.122. The highest BCUT2D eigenvalue weighted by molar-refractivity contribution is 5.79. The molecule has 1 saturated heterocycles. The van der Waals surface area contributed by atoms with E-state index in [0.29, 0.717) is 11.8 Å². The molecule has 0 spiro atoms. The number of hydrogen-bond donors (Lipinski definition) is 0. The van der Waals surface area contributed by atoms with Crippen molar-refractivity contribution in [2.75, 3.05) is 13.1 Å². The standard InChI is InChI=1S/C12H19NO/c1-10(14)11-6-2-3-7-12(11)13-8-4-5-9-13/h3,7,11-12H,2,4-6,8-9H2,1H3. The highest BCUT2D eigenvalue weighted by Gasteiger charge is 2.31. The van der Waals surface area contributed by atoms with Gasteiger partial charge in [0.1, 0.15) is 5.78 Å². The summed E-state index contributed by atoms with van der Waals surface area (Å²) in [5.74, 6) is 0.629. The molecule has 2 unspecified atom stereocenters. The molecule has 0 aromatic carbocycles. The summed E-state index contributed by atoms with van der Waals surface area (Å²) >= 11 is 0. The minimum atomic E-state index is 0.262. The first kappa shape index (κ1) is 9.91. The van der Waals surface area contributed by atoms with Gasteiger partial charge in [-0.3, -0.25) is 9.69 Å². The zero-order chi connectivity index (χ0) is 9.97. The van der Waals surface area contributed by atoms with Gasteiger partial charge < -0.3 is 0 Å². The van der Waals surface area contributed by atoms with Gasteiger partial charge in [0.2, 0.25) is 0 Å². The Bertz CT molecular complexity index is 241. The van der Waals surface area contributed by atoms with E-state index in [9.17, 15) is 4.79 Å². The van der Waals surface area contributed by atoms with Gasteiger partial charge in [-0.1, -0.05) is 12.2 Å². The fraction of sp³-hybridized carbons (Fsp3) is 0.750. The molecular formula is C12H19NO. The van der Waals surface area contributed by atoms with Crippen LogP contribution < -0.4 is 0 Å². The zero-order valence-corrected chi connectivity index (χ0v) is 8.91. The van der Waals surface area contributed by atoms with E-state index in [1.165, 1.54) is 25.9 Å². The van der Waals surface area contributed by atoms with Crippen LogP contribution in [0.25, 0.3) is 0 Å². The Morgan fingerprint density at radius 1 is 1.36 bits per heavy atom. The fourth-order valence-electron chi connectivity index (χ4n) is 2.68. The topological polar surface area (TPSA) is 20.3 Å². The van der Waals surface area contributed by atoms with Gasteiger partial charge in [0.15, 0.2) is 0 Å². The molecule has 2 atom stereocenters. The molecule has 0 amide bonds. The predicted molar refractivity (Wildman–Crippen MR) is 57.1 cm³/mol. The average molecular weight is 193 g/mol. The smallest absolute Gasteiger partial charge is 0.134 e. The maximum atomic E-state index is 11.5. The Labute approximate surface area is 86.0 Å². The van der Waals surface area contributed by atoms with Crippen LogP contribution in [0, 0.1) is 5.92 Å². The van der Waals surface area contributed by atoms with Crippen LogP contribution in [-0.4, -0.2) is 29.8 Å². The van der Waals surface area contributed by atoms with Crippen molar-refractivity contribution in [1.29, 1.82) is 0 Å². The van der Waals surface area contributed by atoms with Gasteiger partial charge in [-0.25, -0.2) is 0 Å². The highest BCUT2D eigenvalue weighted by atomic mass is 16.1. The number of ketones is 1. The number of carbonyl (C=O) groups is 1. The third kappa shape index (κ3) is 1.90. The van der Waals surface area contributed by atoms with Gasteiger partial charge in [-0.15, -0.1) is 0 Å². The molecule has 14 heavy (non-hydrogen) atoms. The van der Waals surface area contributed by atoms with Crippen LogP contribution in [0.1, 0.15) is 32.6 Å². The summed E-state index contributed by atoms with van der Waals surface area (Å²) in [6.45, 7) is 4.10. The molecule has 1 fully saturated rings. The van der Waals surface area contributed by atoms with Gasteiger partial charge in [0.05, 0.1) is 0 Å².